The fraction of sp³-hybridized carbons (Fsp3) is 0.846. The summed E-state index contributed by atoms with van der Waals surface area (Å²) in [5.74, 6) is 4.66. The third-order valence-electron chi connectivity index (χ3n) is 42.2. The number of hydrogen-bond donors (Lipinski definition) is 3. The Bertz CT molecular complexity index is 4030. The minimum Gasteiger partial charge on any atom is -0.481 e. The van der Waals surface area contributed by atoms with Gasteiger partial charge < -0.3 is 35.1 Å². The highest BCUT2D eigenvalue weighted by Crippen LogP contribution is 2.82. The number of carboxylic acid groups (broad SMARTS) is 1. The van der Waals surface area contributed by atoms with Crippen molar-refractivity contribution in [3.05, 3.63) is 36.5 Å². The van der Waals surface area contributed by atoms with Gasteiger partial charge in [-0.15, -0.1) is 46.4 Å². The molecule has 15 rings (SSSR count). The average molecular weight is 1860 g/mol. The van der Waals surface area contributed by atoms with Crippen LogP contribution in [-0.2, 0) is 66.9 Å². The lowest BCUT2D eigenvalue weighted by atomic mass is 9.32. The van der Waals surface area contributed by atoms with Gasteiger partial charge >= 0.3 is 29.8 Å². The minimum absolute atomic E-state index is 0.0513. The summed E-state index contributed by atoms with van der Waals surface area (Å²) in [6.45, 7) is 55.8. The number of amides is 1. The van der Waals surface area contributed by atoms with Crippen LogP contribution in [0.5, 0.6) is 0 Å². The molecule has 0 saturated heterocycles. The van der Waals surface area contributed by atoms with Crippen molar-refractivity contribution >= 4 is 116 Å². The molecule has 0 heterocycles. The summed E-state index contributed by atoms with van der Waals surface area (Å²) in [5.41, 5.74) is 8.22. The molecule has 0 aromatic carbocycles. The number of halogens is 5. The molecule has 126 heavy (non-hydrogen) atoms. The average Bonchev–Trinajstić information content (AvgIpc) is 1.15. The summed E-state index contributed by atoms with van der Waals surface area (Å²) >= 11 is 25.5. The van der Waals surface area contributed by atoms with Crippen LogP contribution < -0.4 is 11.1 Å². The summed E-state index contributed by atoms with van der Waals surface area (Å²) in [5, 5.41) is 13.8. The number of Topliss-reactive ketones (excluding diaryl/α,β-unsaturated/α-hetero) is 3. The van der Waals surface area contributed by atoms with Crippen molar-refractivity contribution in [3.63, 3.8) is 0 Å². The maximum absolute atomic E-state index is 14.4. The lowest BCUT2D eigenvalue weighted by molar-refractivity contribution is -0.235. The normalized spacial score (nSPS) is 43.9. The molecule has 0 bridgehead atoms. The van der Waals surface area contributed by atoms with Crippen LogP contribution in [0.4, 0.5) is 0 Å². The SMILES string of the molecule is C=C(C)[C@@H]1CC[C@]2(C(=O)Cl)CC[C@]3(C)C(CCC4[C@@]5(C)CCC(=O)C(C)(C)C5CC[C@]43C)C12.C=C(C)[C@@H]1CC[C@]2(C(=O)NC(CC(=O)OC)C(=O)OC)CC[C@]3(C)C(CCC4[C@@]5(C)CCC(=O)C(C)(C)C5CC[C@]43C)C12.C=C(C)[C@@H]1CC[C@]2(C(=O)O)CC[C@]3(C)C(CCC4[C@@]5(C)CCC(=O)C(C)(C)C5CC[C@]43C)C12.COC(=O)CC(N)C(=O)OC.ClCCl.ClCCl. The molecule has 4 N–H and O–H groups in total. The van der Waals surface area contributed by atoms with E-state index in [0.29, 0.717) is 94.8 Å². The predicted molar refractivity (Wildman–Crippen MR) is 501 cm³/mol. The number of hydrogen-bond acceptors (Lipinski definition) is 15. The number of rotatable bonds is 13. The molecule has 0 aromatic rings. The highest BCUT2D eigenvalue weighted by Gasteiger charge is 2.77. The topological polar surface area (TPSA) is 266 Å². The van der Waals surface area contributed by atoms with Crippen molar-refractivity contribution in [2.75, 3.05) is 39.1 Å². The second-order valence-corrected chi connectivity index (χ2v) is 48.9. The van der Waals surface area contributed by atoms with Crippen molar-refractivity contribution in [1.82, 2.24) is 5.32 Å². The first-order valence-corrected chi connectivity index (χ1v) is 50.6. The number of carboxylic acids is 1. The van der Waals surface area contributed by atoms with Crippen LogP contribution in [0, 0.1) is 170 Å². The Hall–Kier alpha value is -3.87. The number of allylic oxidation sites excluding steroid dienone is 3. The molecule has 15 aliphatic rings. The van der Waals surface area contributed by atoms with E-state index in [4.69, 9.17) is 73.2 Å². The lowest BCUT2D eigenvalue weighted by Crippen LogP contribution is -2.67. The number of alkyl halides is 4. The molecule has 712 valence electrons. The Labute approximate surface area is 781 Å². The third kappa shape index (κ3) is 16.5. The molecular formula is C104H161Cl5N2O15. The van der Waals surface area contributed by atoms with Gasteiger partial charge in [-0.25, -0.2) is 4.79 Å². The van der Waals surface area contributed by atoms with Gasteiger partial charge in [-0.1, -0.05) is 140 Å². The van der Waals surface area contributed by atoms with Gasteiger partial charge in [0.2, 0.25) is 11.1 Å². The molecule has 22 heteroatoms. The molecule has 15 aliphatic carbocycles. The van der Waals surface area contributed by atoms with Crippen LogP contribution in [0.1, 0.15) is 330 Å². The Kier molecular flexibility index (Phi) is 31.2. The van der Waals surface area contributed by atoms with Crippen molar-refractivity contribution in [3.8, 4) is 0 Å². The number of ketones is 3. The van der Waals surface area contributed by atoms with Crippen LogP contribution in [0.2, 0.25) is 0 Å². The first-order valence-electron chi connectivity index (χ1n) is 48.1. The van der Waals surface area contributed by atoms with E-state index in [9.17, 15) is 53.1 Å². The Morgan fingerprint density at radius 1 is 0.389 bits per heavy atom. The maximum atomic E-state index is 14.4. The van der Waals surface area contributed by atoms with Crippen LogP contribution in [0.15, 0.2) is 36.5 Å². The number of esters is 4. The number of nitrogens with two attached hydrogens (primary N) is 1. The number of carbonyl (C=O) groups is 10. The number of methoxy groups -OCH3 is 4. The number of aliphatic carboxylic acids is 1. The van der Waals surface area contributed by atoms with Crippen molar-refractivity contribution in [2.24, 2.45) is 176 Å². The second-order valence-electron chi connectivity index (χ2n) is 47.0. The van der Waals surface area contributed by atoms with E-state index < -0.39 is 52.8 Å². The van der Waals surface area contributed by atoms with E-state index in [2.05, 4.69) is 159 Å². The first-order chi connectivity index (χ1) is 58.5. The van der Waals surface area contributed by atoms with Crippen LogP contribution in [0.25, 0.3) is 0 Å². The largest absolute Gasteiger partial charge is 0.481 e. The van der Waals surface area contributed by atoms with E-state index in [0.717, 1.165) is 153 Å². The monoisotopic (exact) mass is 1850 g/mol. The maximum Gasteiger partial charge on any atom is 0.328 e. The van der Waals surface area contributed by atoms with Crippen molar-refractivity contribution < 1.29 is 72.0 Å². The zero-order chi connectivity index (χ0) is 94.4. The van der Waals surface area contributed by atoms with Gasteiger partial charge in [0.15, 0.2) is 0 Å². The molecule has 0 aliphatic heterocycles. The third-order valence-corrected chi connectivity index (χ3v) is 42.6. The summed E-state index contributed by atoms with van der Waals surface area (Å²) in [6.07, 6.45) is 29.9. The standard InChI is InChI=1S/C36H55NO6.C30H45ClO2.C30H46O3.C6H11NO4.2CH2Cl2/c1-21(2)22-12-17-36(31(41)37-24(30(40)43-9)20-28(39)42-8)19-18-34(6)23(29(22)36)10-11-26-33(5)15-14-27(38)32(3,4)25(33)13-16-35(26,34)7;1-18(2)19-10-15-30(25(31)33)17-16-28(6)20(24(19)30)8-9-22-27(5)13-12-23(32)26(3,4)21(27)11-14-29(22,28)7;1-18(2)19-10-15-30(25(32)33)17-16-28(6)20(24(19)30)8-9-22-27(5)13-12-23(31)26(3,4)21(27)11-14-29(22,28)7;1-10-5(8)3-4(7)6(9)11-2;2*2-1-3/h22-26,29H,1,10-20H2,2-9H3,(H,37,41);19-22,24H,1,8-17H2,2-7H3;19-22,24H,1,8-17H2,2-7H3,(H,32,33);4H,3,7H2,1-2H3;2*1H2/t22-,23?,24?,25?,26?,29?,33-,34+,35+,36-;2*19-,20?,21?,22?,24?,27-,28+,29+,30-;;;/m000.../s1. The lowest BCUT2D eigenvalue weighted by Gasteiger charge is -2.72. The Morgan fingerprint density at radius 2 is 0.683 bits per heavy atom. The van der Waals surface area contributed by atoms with E-state index in [1.54, 1.807) is 0 Å². The van der Waals surface area contributed by atoms with Gasteiger partial charge in [-0.2, -0.15) is 0 Å². The molecule has 29 atom stereocenters. The molecule has 14 unspecified atom stereocenters. The zero-order valence-electron chi connectivity index (χ0n) is 81.1. The van der Waals surface area contributed by atoms with Crippen molar-refractivity contribution in [1.29, 1.82) is 0 Å². The van der Waals surface area contributed by atoms with E-state index >= 15 is 0 Å². The van der Waals surface area contributed by atoms with Crippen LogP contribution in [-0.4, -0.2) is 115 Å². The minimum atomic E-state index is -1.07. The van der Waals surface area contributed by atoms with E-state index in [1.165, 1.54) is 78.1 Å². The highest BCUT2D eigenvalue weighted by atomic mass is 35.5. The van der Waals surface area contributed by atoms with Gasteiger partial charge in [0.1, 0.15) is 29.4 Å². The van der Waals surface area contributed by atoms with Crippen molar-refractivity contribution in [2.45, 2.75) is 342 Å². The fourth-order valence-corrected chi connectivity index (χ4v) is 35.6. The fourth-order valence-electron chi connectivity index (χ4n) is 35.3. The molecular weight excluding hydrogens is 1690 g/mol. The number of ether oxygens (including phenoxy) is 4. The molecule has 0 radical (unpaired) electrons. The second kappa shape index (κ2) is 37.8. The van der Waals surface area contributed by atoms with E-state index in [-0.39, 0.29) is 123 Å². The number of nitrogens with one attached hydrogen (secondary N) is 1. The number of fused-ring (bicyclic) bond motifs is 21. The predicted octanol–water partition coefficient (Wildman–Crippen LogP) is 23.6. The molecule has 17 nitrogen and oxygen atoms in total. The first kappa shape index (κ1) is 104. The van der Waals surface area contributed by atoms with Gasteiger partial charge in [0.25, 0.3) is 0 Å². The Balaban J connectivity index is 0.000000182. The Morgan fingerprint density at radius 3 is 0.992 bits per heavy atom. The van der Waals surface area contributed by atoms with Gasteiger partial charge in [-0.3, -0.25) is 43.2 Å². The summed E-state index contributed by atoms with van der Waals surface area (Å²) in [6, 6.07) is -1.99. The van der Waals surface area contributed by atoms with Crippen LogP contribution in [0.3, 0.4) is 0 Å². The smallest absolute Gasteiger partial charge is 0.328 e. The van der Waals surface area contributed by atoms with Gasteiger partial charge in [-0.05, 0) is 343 Å². The molecule has 15 fully saturated rings. The zero-order valence-corrected chi connectivity index (χ0v) is 84.9. The summed E-state index contributed by atoms with van der Waals surface area (Å²) in [4.78, 5) is 125. The quantitative estimate of drug-likeness (QED) is 0.0509. The van der Waals surface area contributed by atoms with Gasteiger partial charge in [0.05, 0.1) is 62.8 Å². The molecule has 0 spiro atoms. The summed E-state index contributed by atoms with van der Waals surface area (Å²) in [7, 11) is 4.99. The van der Waals surface area contributed by atoms with Crippen LogP contribution >= 0.6 is 58.0 Å². The van der Waals surface area contributed by atoms with E-state index in [1.807, 2.05) is 0 Å². The highest BCUT2D eigenvalue weighted by molar-refractivity contribution is 6.64. The number of carbonyl (C=O) groups excluding carboxylic acids is 9. The molecule has 0 aromatic heterocycles. The summed E-state index contributed by atoms with van der Waals surface area (Å²) < 4.78 is 18.4. The molecule has 1 amide bonds. The van der Waals surface area contributed by atoms with Gasteiger partial charge in [0, 0.05) is 40.9 Å². The molecule has 15 saturated carbocycles.